The highest BCUT2D eigenvalue weighted by Crippen LogP contribution is 2.29. The second-order valence-electron chi connectivity index (χ2n) is 7.90. The van der Waals surface area contributed by atoms with E-state index in [9.17, 15) is 4.79 Å². The molecule has 2 saturated heterocycles. The van der Waals surface area contributed by atoms with Gasteiger partial charge in [0.15, 0.2) is 5.16 Å². The average Bonchev–Trinajstić information content (AvgIpc) is 3.43. The van der Waals surface area contributed by atoms with Crippen molar-refractivity contribution in [2.45, 2.75) is 56.0 Å². The molecule has 0 spiro atoms. The van der Waals surface area contributed by atoms with E-state index in [0.717, 1.165) is 75.1 Å². The number of carbonyl (C=O) groups excluding carboxylic acids is 1. The number of carbonyl (C=O) groups is 1. The third kappa shape index (κ3) is 4.98. The molecule has 8 heteroatoms. The Labute approximate surface area is 176 Å². The molecule has 2 aliphatic rings. The van der Waals surface area contributed by atoms with E-state index in [1.807, 2.05) is 17.2 Å². The summed E-state index contributed by atoms with van der Waals surface area (Å²) in [4.78, 5) is 21.1. The lowest BCUT2D eigenvalue weighted by molar-refractivity contribution is -0.131. The zero-order chi connectivity index (χ0) is 20.1. The average molecular weight is 415 g/mol. The molecular weight excluding hydrogens is 384 g/mol. The van der Waals surface area contributed by atoms with Gasteiger partial charge in [-0.25, -0.2) is 0 Å². The Morgan fingerprint density at radius 1 is 1.21 bits per heavy atom. The largest absolute Gasteiger partial charge is 0.342 e. The minimum atomic E-state index is 0.285. The third-order valence-electron chi connectivity index (χ3n) is 5.84. The van der Waals surface area contributed by atoms with E-state index in [4.69, 9.17) is 0 Å². The van der Waals surface area contributed by atoms with E-state index in [0.29, 0.717) is 12.5 Å². The summed E-state index contributed by atoms with van der Waals surface area (Å²) in [5.74, 6) is 2.54. The predicted octanol–water partition coefficient (Wildman–Crippen LogP) is 2.79. The van der Waals surface area contributed by atoms with Crippen LogP contribution in [0.5, 0.6) is 0 Å². The molecular formula is C21H30N6OS. The number of rotatable bonds is 7. The molecule has 7 nitrogen and oxygen atoms in total. The number of likely N-dealkylation sites (tertiary alicyclic amines) is 2. The molecule has 2 aromatic heterocycles. The number of pyridine rings is 1. The van der Waals surface area contributed by atoms with Gasteiger partial charge in [-0.05, 0) is 50.8 Å². The Balaban J connectivity index is 1.39. The van der Waals surface area contributed by atoms with Crippen molar-refractivity contribution in [3.8, 4) is 0 Å². The van der Waals surface area contributed by atoms with Gasteiger partial charge in [0.2, 0.25) is 5.91 Å². The van der Waals surface area contributed by atoms with Crippen LogP contribution < -0.4 is 0 Å². The highest BCUT2D eigenvalue weighted by Gasteiger charge is 2.29. The lowest BCUT2D eigenvalue weighted by Crippen LogP contribution is -2.43. The number of piperidine rings is 1. The maximum atomic E-state index is 12.5. The summed E-state index contributed by atoms with van der Waals surface area (Å²) in [6.07, 6.45) is 8.20. The Hall–Kier alpha value is -1.93. The molecule has 156 valence electrons. The van der Waals surface area contributed by atoms with E-state index < -0.39 is 0 Å². The zero-order valence-corrected chi connectivity index (χ0v) is 18.0. The van der Waals surface area contributed by atoms with Gasteiger partial charge >= 0.3 is 0 Å². The highest BCUT2D eigenvalue weighted by molar-refractivity contribution is 7.98. The molecule has 0 bridgehead atoms. The van der Waals surface area contributed by atoms with Crippen molar-refractivity contribution in [3.05, 3.63) is 35.9 Å². The minimum Gasteiger partial charge on any atom is -0.342 e. The van der Waals surface area contributed by atoms with Gasteiger partial charge in [-0.1, -0.05) is 17.8 Å². The fourth-order valence-electron chi connectivity index (χ4n) is 4.31. The van der Waals surface area contributed by atoms with E-state index in [1.165, 1.54) is 5.56 Å². The third-order valence-corrected chi connectivity index (χ3v) is 6.88. The Morgan fingerprint density at radius 2 is 2.07 bits per heavy atom. The first-order valence-electron chi connectivity index (χ1n) is 10.7. The van der Waals surface area contributed by atoms with Gasteiger partial charge < -0.3 is 9.47 Å². The summed E-state index contributed by atoms with van der Waals surface area (Å²) in [5, 5.41) is 10.0. The van der Waals surface area contributed by atoms with Gasteiger partial charge in [0.1, 0.15) is 5.82 Å². The molecule has 2 aromatic rings. The predicted molar refractivity (Wildman–Crippen MR) is 114 cm³/mol. The molecule has 1 unspecified atom stereocenters. The molecule has 29 heavy (non-hydrogen) atoms. The summed E-state index contributed by atoms with van der Waals surface area (Å²) in [5.41, 5.74) is 1.19. The first kappa shape index (κ1) is 20.3. The van der Waals surface area contributed by atoms with Crippen molar-refractivity contribution in [3.63, 3.8) is 0 Å². The van der Waals surface area contributed by atoms with Crippen LogP contribution in [0.1, 0.15) is 49.9 Å². The number of hydrogen-bond donors (Lipinski definition) is 0. The summed E-state index contributed by atoms with van der Waals surface area (Å²) in [6, 6.07) is 4.05. The van der Waals surface area contributed by atoms with E-state index in [2.05, 4.69) is 37.6 Å². The molecule has 2 aliphatic heterocycles. The molecule has 4 heterocycles. The van der Waals surface area contributed by atoms with Crippen molar-refractivity contribution >= 4 is 17.7 Å². The zero-order valence-electron chi connectivity index (χ0n) is 17.2. The molecule has 1 amide bonds. The lowest BCUT2D eigenvalue weighted by Gasteiger charge is -2.32. The van der Waals surface area contributed by atoms with Crippen LogP contribution in [-0.4, -0.2) is 68.2 Å². The second kappa shape index (κ2) is 9.71. The van der Waals surface area contributed by atoms with Crippen molar-refractivity contribution in [1.29, 1.82) is 0 Å². The molecule has 0 saturated carbocycles. The van der Waals surface area contributed by atoms with Gasteiger partial charge in [-0.2, -0.15) is 0 Å². The normalized spacial score (nSPS) is 20.3. The van der Waals surface area contributed by atoms with Crippen LogP contribution in [-0.2, 0) is 17.1 Å². The number of aromatic nitrogens is 4. The molecule has 0 radical (unpaired) electrons. The van der Waals surface area contributed by atoms with Gasteiger partial charge in [-0.15, -0.1) is 10.2 Å². The Kier molecular flexibility index (Phi) is 6.82. The fourth-order valence-corrected chi connectivity index (χ4v) is 5.25. The van der Waals surface area contributed by atoms with Crippen LogP contribution >= 0.6 is 11.8 Å². The summed E-state index contributed by atoms with van der Waals surface area (Å²) >= 11 is 1.71. The number of amides is 1. The topological polar surface area (TPSA) is 67.2 Å². The van der Waals surface area contributed by atoms with Crippen molar-refractivity contribution in [2.24, 2.45) is 0 Å². The van der Waals surface area contributed by atoms with Crippen molar-refractivity contribution in [1.82, 2.24) is 29.5 Å². The van der Waals surface area contributed by atoms with Gasteiger partial charge in [0, 0.05) is 50.2 Å². The van der Waals surface area contributed by atoms with E-state index in [-0.39, 0.29) is 5.91 Å². The SMILES string of the molecule is CCn1c(SCc2cccnc2)nnc1C1CCCN(CC(=O)N2CCCC2)C1. The maximum Gasteiger partial charge on any atom is 0.236 e. The maximum absolute atomic E-state index is 12.5. The minimum absolute atomic E-state index is 0.285. The monoisotopic (exact) mass is 414 g/mol. The molecule has 0 aliphatic carbocycles. The smallest absolute Gasteiger partial charge is 0.236 e. The van der Waals surface area contributed by atoms with Gasteiger partial charge in [-0.3, -0.25) is 14.7 Å². The molecule has 0 N–H and O–H groups in total. The Bertz CT molecular complexity index is 805. The molecule has 1 atom stereocenters. The molecule has 0 aromatic carbocycles. The molecule has 4 rings (SSSR count). The van der Waals surface area contributed by atoms with Crippen LogP contribution in [0.2, 0.25) is 0 Å². The fraction of sp³-hybridized carbons (Fsp3) is 0.619. The number of thioether (sulfide) groups is 1. The summed E-state index contributed by atoms with van der Waals surface area (Å²) in [6.45, 7) is 7.30. The van der Waals surface area contributed by atoms with E-state index >= 15 is 0 Å². The van der Waals surface area contributed by atoms with Crippen LogP contribution in [0, 0.1) is 0 Å². The van der Waals surface area contributed by atoms with Crippen LogP contribution in [0.3, 0.4) is 0 Å². The van der Waals surface area contributed by atoms with E-state index in [1.54, 1.807) is 18.0 Å². The summed E-state index contributed by atoms with van der Waals surface area (Å²) < 4.78 is 2.25. The lowest BCUT2D eigenvalue weighted by atomic mass is 9.97. The first-order chi connectivity index (χ1) is 14.2. The summed E-state index contributed by atoms with van der Waals surface area (Å²) in [7, 11) is 0. The number of nitrogens with zero attached hydrogens (tertiary/aromatic N) is 6. The Morgan fingerprint density at radius 3 is 2.83 bits per heavy atom. The quantitative estimate of drug-likeness (QED) is 0.649. The van der Waals surface area contributed by atoms with Gasteiger partial charge in [0.25, 0.3) is 0 Å². The molecule has 2 fully saturated rings. The second-order valence-corrected chi connectivity index (χ2v) is 8.84. The highest BCUT2D eigenvalue weighted by atomic mass is 32.2. The van der Waals surface area contributed by atoms with Crippen LogP contribution in [0.4, 0.5) is 0 Å². The van der Waals surface area contributed by atoms with Crippen molar-refractivity contribution in [2.75, 3.05) is 32.7 Å². The van der Waals surface area contributed by atoms with Gasteiger partial charge in [0.05, 0.1) is 6.54 Å². The standard InChI is InChI=1S/C21H30N6OS/c1-2-27-20(23-24-21(27)29-16-17-7-5-9-22-13-17)18-8-6-10-25(14-18)15-19(28)26-11-3-4-12-26/h5,7,9,13,18H,2-4,6,8,10-12,14-16H2,1H3. The first-order valence-corrected chi connectivity index (χ1v) is 11.7. The van der Waals surface area contributed by atoms with Crippen LogP contribution in [0.15, 0.2) is 29.7 Å². The van der Waals surface area contributed by atoms with Crippen LogP contribution in [0.25, 0.3) is 0 Å². The van der Waals surface area contributed by atoms with Crippen molar-refractivity contribution < 1.29 is 4.79 Å². The number of hydrogen-bond acceptors (Lipinski definition) is 6.